The average molecular weight is 156 g/mol. The van der Waals surface area contributed by atoms with Gasteiger partial charge in [-0.2, -0.15) is 0 Å². The van der Waals surface area contributed by atoms with Crippen LogP contribution in [0.2, 0.25) is 0 Å². The summed E-state index contributed by atoms with van der Waals surface area (Å²) in [6.07, 6.45) is 2.71. The maximum Gasteiger partial charge on any atom is 0.107 e. The van der Waals surface area contributed by atoms with Crippen LogP contribution in [0.25, 0.3) is 0 Å². The minimum absolute atomic E-state index is 0.208. The molecule has 0 spiro atoms. The zero-order valence-electron chi connectivity index (χ0n) is 6.49. The Hall–Kier alpha value is -1.06. The Balaban J connectivity index is 2.81. The van der Waals surface area contributed by atoms with Crippen LogP contribution >= 0.6 is 0 Å². The van der Waals surface area contributed by atoms with Crippen LogP contribution in [-0.4, -0.2) is 21.8 Å². The highest BCUT2D eigenvalue weighted by Gasteiger charge is 2.22. The Kier molecular flexibility index (Phi) is 2.46. The number of rotatable bonds is 0. The normalized spacial score (nSPS) is 33.0. The van der Waals surface area contributed by atoms with E-state index in [1.165, 1.54) is 0 Å². The monoisotopic (exact) mass is 156 g/mol. The Morgan fingerprint density at radius 1 is 1.36 bits per heavy atom. The van der Waals surface area contributed by atoms with Crippen LogP contribution < -0.4 is 0 Å². The molecule has 4 heteroatoms. The van der Waals surface area contributed by atoms with Crippen molar-refractivity contribution in [2.24, 2.45) is 16.2 Å². The minimum Gasteiger partial charge on any atom is -0.411 e. The molecule has 0 bridgehead atoms. The molecule has 1 aliphatic rings. The summed E-state index contributed by atoms with van der Waals surface area (Å²) in [6.45, 7) is 1.96. The Morgan fingerprint density at radius 2 is 2.09 bits per heavy atom. The molecule has 0 aromatic rings. The predicted molar refractivity (Wildman–Crippen MR) is 41.5 cm³/mol. The molecule has 0 heterocycles. The van der Waals surface area contributed by atoms with Gasteiger partial charge in [0.2, 0.25) is 0 Å². The van der Waals surface area contributed by atoms with Gasteiger partial charge < -0.3 is 10.4 Å². The second-order valence-corrected chi connectivity index (χ2v) is 2.83. The molecule has 0 saturated heterocycles. The lowest BCUT2D eigenvalue weighted by molar-refractivity contribution is 0.308. The number of nitrogens with zero attached hydrogens (tertiary/aromatic N) is 2. The van der Waals surface area contributed by atoms with E-state index in [1.54, 1.807) is 0 Å². The van der Waals surface area contributed by atoms with Crippen molar-refractivity contribution < 1.29 is 10.4 Å². The van der Waals surface area contributed by atoms with Gasteiger partial charge in [0, 0.05) is 5.92 Å². The van der Waals surface area contributed by atoms with Crippen molar-refractivity contribution >= 4 is 11.4 Å². The molecule has 1 fully saturated rings. The van der Waals surface area contributed by atoms with Crippen molar-refractivity contribution in [2.75, 3.05) is 0 Å². The average Bonchev–Trinajstić information content (AvgIpc) is 2.04. The molecule has 11 heavy (non-hydrogen) atoms. The van der Waals surface area contributed by atoms with E-state index in [9.17, 15) is 0 Å². The molecule has 1 saturated carbocycles. The molecular formula is C7H12N2O2. The SMILES string of the molecule is CC1CCCC(=N/O)/C1=N\O. The Morgan fingerprint density at radius 3 is 2.55 bits per heavy atom. The highest BCUT2D eigenvalue weighted by molar-refractivity contribution is 6.43. The van der Waals surface area contributed by atoms with Gasteiger partial charge in [-0.3, -0.25) is 0 Å². The Labute approximate surface area is 65.2 Å². The van der Waals surface area contributed by atoms with Gasteiger partial charge in [-0.1, -0.05) is 17.2 Å². The van der Waals surface area contributed by atoms with Crippen molar-refractivity contribution in [3.63, 3.8) is 0 Å². The maximum absolute atomic E-state index is 8.56. The molecule has 0 amide bonds. The molecule has 4 nitrogen and oxygen atoms in total. The van der Waals surface area contributed by atoms with E-state index in [1.807, 2.05) is 6.92 Å². The van der Waals surface area contributed by atoms with E-state index in [0.717, 1.165) is 12.8 Å². The first kappa shape index (κ1) is 8.04. The van der Waals surface area contributed by atoms with Gasteiger partial charge >= 0.3 is 0 Å². The summed E-state index contributed by atoms with van der Waals surface area (Å²) in [4.78, 5) is 0. The zero-order valence-corrected chi connectivity index (χ0v) is 6.49. The molecule has 1 rings (SSSR count). The van der Waals surface area contributed by atoms with Crippen LogP contribution in [0.15, 0.2) is 10.3 Å². The summed E-state index contributed by atoms with van der Waals surface area (Å²) >= 11 is 0. The summed E-state index contributed by atoms with van der Waals surface area (Å²) in [7, 11) is 0. The first-order valence-electron chi connectivity index (χ1n) is 3.73. The van der Waals surface area contributed by atoms with E-state index in [-0.39, 0.29) is 5.92 Å². The van der Waals surface area contributed by atoms with Gasteiger partial charge in [0.05, 0.1) is 0 Å². The van der Waals surface area contributed by atoms with Crippen molar-refractivity contribution in [2.45, 2.75) is 26.2 Å². The fraction of sp³-hybridized carbons (Fsp3) is 0.714. The number of hydrogen-bond donors (Lipinski definition) is 2. The standard InChI is InChI=1S/C7H12N2O2/c1-5-3-2-4-6(8-10)7(5)9-11/h5,10-11H,2-4H2,1H3/b8-6-,9-7-. The third kappa shape index (κ3) is 1.50. The molecule has 1 aliphatic carbocycles. The van der Waals surface area contributed by atoms with Gasteiger partial charge in [0.25, 0.3) is 0 Å². The first-order valence-corrected chi connectivity index (χ1v) is 3.73. The lowest BCUT2D eigenvalue weighted by Gasteiger charge is -2.19. The molecule has 1 atom stereocenters. The summed E-state index contributed by atoms with van der Waals surface area (Å²) in [5, 5.41) is 23.2. The van der Waals surface area contributed by atoms with Crippen molar-refractivity contribution in [3.8, 4) is 0 Å². The van der Waals surface area contributed by atoms with Crippen LogP contribution in [-0.2, 0) is 0 Å². The molecule has 0 aliphatic heterocycles. The quantitative estimate of drug-likeness (QED) is 0.412. The molecule has 62 valence electrons. The van der Waals surface area contributed by atoms with Crippen LogP contribution in [0.1, 0.15) is 26.2 Å². The summed E-state index contributed by atoms with van der Waals surface area (Å²) in [5.41, 5.74) is 1.05. The minimum atomic E-state index is 0.208. The van der Waals surface area contributed by atoms with Gasteiger partial charge in [0.15, 0.2) is 0 Å². The van der Waals surface area contributed by atoms with Gasteiger partial charge in [-0.05, 0) is 19.3 Å². The topological polar surface area (TPSA) is 65.2 Å². The van der Waals surface area contributed by atoms with E-state index >= 15 is 0 Å². The maximum atomic E-state index is 8.56. The largest absolute Gasteiger partial charge is 0.411 e. The summed E-state index contributed by atoms with van der Waals surface area (Å²) < 4.78 is 0. The number of hydrogen-bond acceptors (Lipinski definition) is 4. The van der Waals surface area contributed by atoms with E-state index in [2.05, 4.69) is 10.3 Å². The third-order valence-corrected chi connectivity index (χ3v) is 2.04. The summed E-state index contributed by atoms with van der Waals surface area (Å²) in [6, 6.07) is 0. The molecule has 1 unspecified atom stereocenters. The fourth-order valence-electron chi connectivity index (χ4n) is 1.38. The lowest BCUT2D eigenvalue weighted by Crippen LogP contribution is -2.26. The molecule has 2 N–H and O–H groups in total. The van der Waals surface area contributed by atoms with Crippen LogP contribution in [0.3, 0.4) is 0 Å². The highest BCUT2D eigenvalue weighted by Crippen LogP contribution is 2.19. The van der Waals surface area contributed by atoms with Gasteiger partial charge in [0.1, 0.15) is 11.4 Å². The van der Waals surface area contributed by atoms with Crippen molar-refractivity contribution in [3.05, 3.63) is 0 Å². The predicted octanol–water partition coefficient (Wildman–Crippen LogP) is 1.47. The first-order chi connectivity index (χ1) is 5.29. The third-order valence-electron chi connectivity index (χ3n) is 2.04. The van der Waals surface area contributed by atoms with E-state index in [0.29, 0.717) is 17.8 Å². The second-order valence-electron chi connectivity index (χ2n) is 2.83. The van der Waals surface area contributed by atoms with Crippen molar-refractivity contribution in [1.82, 2.24) is 0 Å². The summed E-state index contributed by atoms with van der Waals surface area (Å²) in [5.74, 6) is 0.208. The molecule has 0 aromatic carbocycles. The molecule has 0 aromatic heterocycles. The number of oxime groups is 2. The van der Waals surface area contributed by atoms with Gasteiger partial charge in [-0.25, -0.2) is 0 Å². The molecule has 0 radical (unpaired) electrons. The second kappa shape index (κ2) is 3.37. The Bertz CT molecular complexity index is 199. The van der Waals surface area contributed by atoms with Crippen molar-refractivity contribution in [1.29, 1.82) is 0 Å². The van der Waals surface area contributed by atoms with Gasteiger partial charge in [-0.15, -0.1) is 0 Å². The highest BCUT2D eigenvalue weighted by atomic mass is 16.4. The zero-order chi connectivity index (χ0) is 8.27. The van der Waals surface area contributed by atoms with E-state index < -0.39 is 0 Å². The van der Waals surface area contributed by atoms with E-state index in [4.69, 9.17) is 10.4 Å². The van der Waals surface area contributed by atoms with Crippen LogP contribution in [0, 0.1) is 5.92 Å². The smallest absolute Gasteiger partial charge is 0.107 e. The van der Waals surface area contributed by atoms with Crippen LogP contribution in [0.5, 0.6) is 0 Å². The lowest BCUT2D eigenvalue weighted by atomic mass is 9.87. The van der Waals surface area contributed by atoms with Crippen LogP contribution in [0.4, 0.5) is 0 Å². The molecular weight excluding hydrogens is 144 g/mol. The fourth-order valence-corrected chi connectivity index (χ4v) is 1.38.